The maximum Gasteiger partial charge on any atom is 0.180 e. The number of nitrogens with zero attached hydrogens (tertiary/aromatic N) is 2. The summed E-state index contributed by atoms with van der Waals surface area (Å²) in [6, 6.07) is 7.76. The van der Waals surface area contributed by atoms with Crippen molar-refractivity contribution in [3.63, 3.8) is 0 Å². The number of hydrogen-bond acceptors (Lipinski definition) is 4. The number of Topliss-reactive ketones (excluding diaryl/α,β-unsaturated/α-hetero) is 1. The maximum absolute atomic E-state index is 12.3. The van der Waals surface area contributed by atoms with Crippen molar-refractivity contribution in [1.29, 1.82) is 0 Å². The fourth-order valence-electron chi connectivity index (χ4n) is 1.66. The monoisotopic (exact) mass is 324 g/mol. The van der Waals surface area contributed by atoms with Crippen LogP contribution in [0.3, 0.4) is 0 Å². The van der Waals surface area contributed by atoms with Gasteiger partial charge in [0.05, 0.1) is 5.69 Å². The van der Waals surface area contributed by atoms with Crippen LogP contribution in [0.5, 0.6) is 0 Å². The second-order valence-corrected chi connectivity index (χ2v) is 5.94. The minimum atomic E-state index is 0.0839. The topological polar surface area (TPSA) is 42.9 Å². The molecule has 0 aliphatic carbocycles. The van der Waals surface area contributed by atoms with Crippen molar-refractivity contribution in [3.05, 3.63) is 44.9 Å². The van der Waals surface area contributed by atoms with E-state index in [0.717, 1.165) is 15.7 Å². The highest BCUT2D eigenvalue weighted by atomic mass is 79.9. The summed E-state index contributed by atoms with van der Waals surface area (Å²) >= 11 is 4.64. The zero-order chi connectivity index (χ0) is 13.1. The molecule has 3 nitrogen and oxygen atoms in total. The lowest BCUT2D eigenvalue weighted by molar-refractivity contribution is 0.0995. The molecule has 18 heavy (non-hydrogen) atoms. The molecule has 0 aliphatic heterocycles. The molecule has 5 heteroatoms. The summed E-state index contributed by atoms with van der Waals surface area (Å²) in [6.45, 7) is 4.04. The van der Waals surface area contributed by atoms with Crippen LogP contribution < -0.4 is 0 Å². The largest absolute Gasteiger partial charge is 0.293 e. The Kier molecular flexibility index (Phi) is 4.24. The van der Waals surface area contributed by atoms with Gasteiger partial charge in [0.2, 0.25) is 0 Å². The Morgan fingerprint density at radius 1 is 1.39 bits per heavy atom. The maximum atomic E-state index is 12.3. The zero-order valence-corrected chi connectivity index (χ0v) is 12.6. The molecule has 0 amide bonds. The van der Waals surface area contributed by atoms with Gasteiger partial charge in [0.1, 0.15) is 4.88 Å². The van der Waals surface area contributed by atoms with E-state index in [1.54, 1.807) is 0 Å². The second-order valence-electron chi connectivity index (χ2n) is 4.33. The lowest BCUT2D eigenvalue weighted by Gasteiger charge is -2.05. The van der Waals surface area contributed by atoms with Gasteiger partial charge in [0, 0.05) is 10.9 Å². The third-order valence-electron chi connectivity index (χ3n) is 2.62. The molecular weight excluding hydrogens is 312 g/mol. The predicted octanol–water partition coefficient (Wildman–Crippen LogP) is 3.85. The van der Waals surface area contributed by atoms with E-state index in [9.17, 15) is 4.79 Å². The number of halogens is 1. The molecule has 0 radical (unpaired) electrons. The summed E-state index contributed by atoms with van der Waals surface area (Å²) in [5, 5.41) is 4.04. The van der Waals surface area contributed by atoms with Crippen molar-refractivity contribution < 1.29 is 4.79 Å². The number of carbonyl (C=O) groups is 1. The lowest BCUT2D eigenvalue weighted by atomic mass is 10.0. The first-order valence-corrected chi connectivity index (χ1v) is 7.25. The molecule has 1 heterocycles. The van der Waals surface area contributed by atoms with Gasteiger partial charge in [-0.1, -0.05) is 52.5 Å². The zero-order valence-electron chi connectivity index (χ0n) is 10.2. The van der Waals surface area contributed by atoms with Gasteiger partial charge in [-0.15, -0.1) is 5.10 Å². The fraction of sp³-hybridized carbons (Fsp3) is 0.308. The number of hydrogen-bond donors (Lipinski definition) is 0. The summed E-state index contributed by atoms with van der Waals surface area (Å²) in [4.78, 5) is 12.9. The highest BCUT2D eigenvalue weighted by Gasteiger charge is 2.19. The molecule has 0 aliphatic rings. The summed E-state index contributed by atoms with van der Waals surface area (Å²) < 4.78 is 4.85. The molecule has 0 N–H and O–H groups in total. The molecule has 0 atom stereocenters. The van der Waals surface area contributed by atoms with Crippen LogP contribution in [-0.4, -0.2) is 15.4 Å². The molecule has 0 saturated carbocycles. The fourth-order valence-corrected chi connectivity index (χ4v) is 2.84. The molecule has 0 saturated heterocycles. The van der Waals surface area contributed by atoms with Crippen molar-refractivity contribution >= 4 is 33.2 Å². The van der Waals surface area contributed by atoms with Crippen molar-refractivity contribution in [2.24, 2.45) is 0 Å². The van der Waals surface area contributed by atoms with E-state index in [1.165, 1.54) is 11.5 Å². The van der Waals surface area contributed by atoms with Crippen LogP contribution in [-0.2, 0) is 6.42 Å². The Morgan fingerprint density at radius 3 is 2.78 bits per heavy atom. The number of rotatable bonds is 4. The van der Waals surface area contributed by atoms with Gasteiger partial charge in [-0.3, -0.25) is 4.79 Å². The Hall–Kier alpha value is -1.07. The first kappa shape index (κ1) is 13.4. The van der Waals surface area contributed by atoms with E-state index in [1.807, 2.05) is 38.1 Å². The van der Waals surface area contributed by atoms with Crippen molar-refractivity contribution in [2.45, 2.75) is 26.2 Å². The van der Waals surface area contributed by atoms with Crippen molar-refractivity contribution in [1.82, 2.24) is 9.59 Å². The van der Waals surface area contributed by atoms with Crippen LogP contribution in [0.25, 0.3) is 0 Å². The van der Waals surface area contributed by atoms with E-state index < -0.39 is 0 Å². The van der Waals surface area contributed by atoms with E-state index in [4.69, 9.17) is 0 Å². The molecule has 0 fully saturated rings. The molecule has 94 valence electrons. The second kappa shape index (κ2) is 5.71. The summed E-state index contributed by atoms with van der Waals surface area (Å²) in [7, 11) is 0. The average molecular weight is 325 g/mol. The predicted molar refractivity (Wildman–Crippen MR) is 76.2 cm³/mol. The van der Waals surface area contributed by atoms with E-state index in [0.29, 0.717) is 11.3 Å². The van der Waals surface area contributed by atoms with Crippen LogP contribution in [0.15, 0.2) is 28.7 Å². The van der Waals surface area contributed by atoms with Gasteiger partial charge in [0.15, 0.2) is 5.78 Å². The highest BCUT2D eigenvalue weighted by molar-refractivity contribution is 9.10. The van der Waals surface area contributed by atoms with Crippen LogP contribution in [0.2, 0.25) is 0 Å². The highest BCUT2D eigenvalue weighted by Crippen LogP contribution is 2.23. The Labute approximate surface area is 119 Å². The van der Waals surface area contributed by atoms with Crippen molar-refractivity contribution in [2.75, 3.05) is 0 Å². The standard InChI is InChI=1S/C13H13BrN2OS/c1-8(2)12-13(18-16-15-12)11(17)7-9-5-3-4-6-10(9)14/h3-6,8H,7H2,1-2H3. The summed E-state index contributed by atoms with van der Waals surface area (Å²) in [5.74, 6) is 0.308. The molecule has 2 rings (SSSR count). The first-order chi connectivity index (χ1) is 8.59. The van der Waals surface area contributed by atoms with Gasteiger partial charge >= 0.3 is 0 Å². The van der Waals surface area contributed by atoms with Gasteiger partial charge in [-0.05, 0) is 29.1 Å². The van der Waals surface area contributed by atoms with Crippen LogP contribution in [0.1, 0.15) is 40.7 Å². The average Bonchev–Trinajstić information content (AvgIpc) is 2.81. The molecule has 1 aromatic heterocycles. The van der Waals surface area contributed by atoms with Crippen LogP contribution in [0.4, 0.5) is 0 Å². The van der Waals surface area contributed by atoms with Crippen LogP contribution >= 0.6 is 27.5 Å². The SMILES string of the molecule is CC(C)c1nnsc1C(=O)Cc1ccccc1Br. The third-order valence-corrected chi connectivity index (χ3v) is 4.18. The van der Waals surface area contributed by atoms with E-state index >= 15 is 0 Å². The third kappa shape index (κ3) is 2.84. The lowest BCUT2D eigenvalue weighted by Crippen LogP contribution is -2.06. The van der Waals surface area contributed by atoms with Crippen LogP contribution in [0, 0.1) is 0 Å². The van der Waals surface area contributed by atoms with Gasteiger partial charge in [-0.2, -0.15) is 0 Å². The molecule has 1 aromatic carbocycles. The molecule has 0 spiro atoms. The Balaban J connectivity index is 2.23. The van der Waals surface area contributed by atoms with Gasteiger partial charge in [0.25, 0.3) is 0 Å². The van der Waals surface area contributed by atoms with E-state index in [2.05, 4.69) is 25.5 Å². The Morgan fingerprint density at radius 2 is 2.11 bits per heavy atom. The molecule has 0 bridgehead atoms. The van der Waals surface area contributed by atoms with Crippen molar-refractivity contribution in [3.8, 4) is 0 Å². The normalized spacial score (nSPS) is 10.9. The minimum Gasteiger partial charge on any atom is -0.293 e. The number of aromatic nitrogens is 2. The number of ketones is 1. The van der Waals surface area contributed by atoms with Gasteiger partial charge < -0.3 is 0 Å². The quantitative estimate of drug-likeness (QED) is 0.802. The minimum absolute atomic E-state index is 0.0839. The molecule has 2 aromatic rings. The van der Waals surface area contributed by atoms with E-state index in [-0.39, 0.29) is 11.7 Å². The smallest absolute Gasteiger partial charge is 0.180 e. The summed E-state index contributed by atoms with van der Waals surface area (Å²) in [6.07, 6.45) is 0.380. The Bertz CT molecular complexity index is 566. The molecule has 0 unspecified atom stereocenters. The van der Waals surface area contributed by atoms with Gasteiger partial charge in [-0.25, -0.2) is 0 Å². The number of benzene rings is 1. The number of carbonyl (C=O) groups excluding carboxylic acids is 1. The first-order valence-electron chi connectivity index (χ1n) is 5.68. The molecular formula is C13H13BrN2OS. The summed E-state index contributed by atoms with van der Waals surface area (Å²) in [5.41, 5.74) is 1.79.